The number of benzene rings is 8. The molecule has 0 amide bonds. The van der Waals surface area contributed by atoms with E-state index >= 15 is 0 Å². The predicted molar refractivity (Wildman–Crippen MR) is 237 cm³/mol. The lowest BCUT2D eigenvalue weighted by Gasteiger charge is -2.39. The SMILES string of the molecule is CC1CCCC2=C1C1(c3ccccc32)c2c(ccc3c2C=CCC3)-c2ccc3cc(-c4cccc(-c5ccc6ccc7c8c(ccc5c68)=CCC7)c4)ccc3c21. The number of fused-ring (bicyclic) bond motifs is 13. The molecule has 0 aromatic heterocycles. The number of hydrogen-bond acceptors (Lipinski definition) is 0. The Kier molecular flexibility index (Phi) is 6.30. The summed E-state index contributed by atoms with van der Waals surface area (Å²) in [6, 6.07) is 50.0. The highest BCUT2D eigenvalue weighted by atomic mass is 14.6. The second-order valence-electron chi connectivity index (χ2n) is 17.2. The van der Waals surface area contributed by atoms with E-state index < -0.39 is 0 Å². The van der Waals surface area contributed by atoms with E-state index in [1.54, 1.807) is 16.7 Å². The van der Waals surface area contributed by atoms with Gasteiger partial charge in [-0.25, -0.2) is 0 Å². The van der Waals surface area contributed by atoms with Gasteiger partial charge in [0.2, 0.25) is 0 Å². The van der Waals surface area contributed by atoms with Crippen molar-refractivity contribution in [1.82, 2.24) is 0 Å². The summed E-state index contributed by atoms with van der Waals surface area (Å²) < 4.78 is 0. The Morgan fingerprint density at radius 2 is 1.34 bits per heavy atom. The molecule has 0 fully saturated rings. The monoisotopic (exact) mass is 714 g/mol. The van der Waals surface area contributed by atoms with Gasteiger partial charge in [-0.2, -0.15) is 0 Å². The Labute approximate surface area is 328 Å². The highest BCUT2D eigenvalue weighted by Gasteiger charge is 2.56. The molecule has 5 aliphatic rings. The topological polar surface area (TPSA) is 0 Å². The Bertz CT molecular complexity index is 3180. The molecule has 0 heteroatoms. The zero-order valence-corrected chi connectivity index (χ0v) is 31.9. The van der Waals surface area contributed by atoms with Crippen LogP contribution >= 0.6 is 0 Å². The van der Waals surface area contributed by atoms with Crippen molar-refractivity contribution >= 4 is 50.0 Å². The van der Waals surface area contributed by atoms with Crippen molar-refractivity contribution in [1.29, 1.82) is 0 Å². The van der Waals surface area contributed by atoms with E-state index in [1.807, 2.05) is 0 Å². The maximum absolute atomic E-state index is 2.52. The van der Waals surface area contributed by atoms with Gasteiger partial charge in [-0.3, -0.25) is 0 Å². The minimum atomic E-state index is -0.274. The lowest BCUT2D eigenvalue weighted by Crippen LogP contribution is -2.32. The number of aryl methyl sites for hydroxylation is 2. The molecule has 8 aromatic carbocycles. The molecule has 2 atom stereocenters. The van der Waals surface area contributed by atoms with Gasteiger partial charge in [0.25, 0.3) is 0 Å². The minimum absolute atomic E-state index is 0.274. The molecular formula is C56H42. The van der Waals surface area contributed by atoms with Gasteiger partial charge in [-0.15, -0.1) is 0 Å². The molecule has 0 bridgehead atoms. The first-order valence-electron chi connectivity index (χ1n) is 21.0. The highest BCUT2D eigenvalue weighted by Crippen LogP contribution is 2.67. The lowest BCUT2D eigenvalue weighted by atomic mass is 9.62. The highest BCUT2D eigenvalue weighted by molar-refractivity contribution is 6.16. The lowest BCUT2D eigenvalue weighted by molar-refractivity contribution is 0.513. The number of rotatable bonds is 2. The van der Waals surface area contributed by atoms with Crippen LogP contribution in [-0.2, 0) is 18.3 Å². The summed E-state index contributed by atoms with van der Waals surface area (Å²) in [5.74, 6) is 0.522. The van der Waals surface area contributed by atoms with Crippen LogP contribution in [0.2, 0.25) is 0 Å². The summed E-state index contributed by atoms with van der Waals surface area (Å²) in [5.41, 5.74) is 21.5. The molecule has 0 heterocycles. The van der Waals surface area contributed by atoms with Crippen LogP contribution in [-0.4, -0.2) is 0 Å². The molecule has 2 unspecified atom stereocenters. The quantitative estimate of drug-likeness (QED) is 0.167. The van der Waals surface area contributed by atoms with Crippen LogP contribution in [0.15, 0.2) is 139 Å². The third kappa shape index (κ3) is 3.95. The first-order valence-corrected chi connectivity index (χ1v) is 21.0. The Morgan fingerprint density at radius 1 is 0.554 bits per heavy atom. The van der Waals surface area contributed by atoms with E-state index in [4.69, 9.17) is 0 Å². The van der Waals surface area contributed by atoms with Gasteiger partial charge in [0.15, 0.2) is 0 Å². The summed E-state index contributed by atoms with van der Waals surface area (Å²) in [6.45, 7) is 2.52. The first kappa shape index (κ1) is 31.2. The number of hydrogen-bond donors (Lipinski definition) is 0. The summed E-state index contributed by atoms with van der Waals surface area (Å²) in [7, 11) is 0. The molecule has 13 rings (SSSR count). The second kappa shape index (κ2) is 11.3. The maximum Gasteiger partial charge on any atom is 0.0699 e. The number of allylic oxidation sites excluding steroid dienone is 3. The zero-order valence-electron chi connectivity index (χ0n) is 31.9. The van der Waals surface area contributed by atoms with E-state index in [0.717, 1.165) is 25.7 Å². The van der Waals surface area contributed by atoms with Crippen LogP contribution in [0, 0.1) is 5.92 Å². The normalized spacial score (nSPS) is 20.0. The Morgan fingerprint density at radius 3 is 2.32 bits per heavy atom. The third-order valence-electron chi connectivity index (χ3n) is 14.5. The molecular weight excluding hydrogens is 673 g/mol. The van der Waals surface area contributed by atoms with Gasteiger partial charge >= 0.3 is 0 Å². The van der Waals surface area contributed by atoms with Crippen molar-refractivity contribution in [3.63, 3.8) is 0 Å². The van der Waals surface area contributed by atoms with Crippen molar-refractivity contribution in [3.05, 3.63) is 183 Å². The Balaban J connectivity index is 1.02. The second-order valence-corrected chi connectivity index (χ2v) is 17.2. The molecule has 266 valence electrons. The van der Waals surface area contributed by atoms with E-state index in [0.29, 0.717) is 5.92 Å². The van der Waals surface area contributed by atoms with Crippen molar-refractivity contribution in [2.24, 2.45) is 5.92 Å². The summed E-state index contributed by atoms with van der Waals surface area (Å²) in [4.78, 5) is 0. The molecule has 0 radical (unpaired) electrons. The van der Waals surface area contributed by atoms with E-state index in [-0.39, 0.29) is 5.41 Å². The summed E-state index contributed by atoms with van der Waals surface area (Å²) >= 11 is 0. The standard InChI is InChI=1S/C56H42/c1-33-9-6-17-47-45-16-4-5-18-50(45)56(53(33)47)54-43-15-3-2-10-34(43)21-29-48(54)49-30-25-41-32-39(24-27-44(41)55(49)56)38-13-8-14-40(31-38)42-26-22-37-20-19-35-11-7-12-36-23-28-46(42)52(37)51(35)36/h3-5,8,12-16,18-33H,2,6-7,9-11,17H2,1H3. The fraction of sp³-hybridized carbons (Fsp3) is 0.179. The van der Waals surface area contributed by atoms with Crippen molar-refractivity contribution in [2.75, 3.05) is 0 Å². The predicted octanol–water partition coefficient (Wildman–Crippen LogP) is 13.8. The van der Waals surface area contributed by atoms with Crippen LogP contribution in [0.1, 0.15) is 78.0 Å². The van der Waals surface area contributed by atoms with Crippen LogP contribution in [0.3, 0.4) is 0 Å². The van der Waals surface area contributed by atoms with Crippen LogP contribution in [0.4, 0.5) is 0 Å². The summed E-state index contributed by atoms with van der Waals surface area (Å²) in [5, 5.41) is 9.69. The fourth-order valence-corrected chi connectivity index (χ4v) is 12.3. The van der Waals surface area contributed by atoms with Crippen molar-refractivity contribution in [2.45, 2.75) is 57.3 Å². The molecule has 0 aliphatic heterocycles. The van der Waals surface area contributed by atoms with Gasteiger partial charge in [0.05, 0.1) is 5.41 Å². The first-order chi connectivity index (χ1) is 27.7. The van der Waals surface area contributed by atoms with Crippen LogP contribution in [0.5, 0.6) is 0 Å². The van der Waals surface area contributed by atoms with Gasteiger partial charge < -0.3 is 0 Å². The smallest absolute Gasteiger partial charge is 0.0699 e. The fourth-order valence-electron chi connectivity index (χ4n) is 12.3. The summed E-state index contributed by atoms with van der Waals surface area (Å²) in [6.07, 6.45) is 15.5. The molecule has 1 spiro atoms. The molecule has 5 aliphatic carbocycles. The van der Waals surface area contributed by atoms with Crippen LogP contribution < -0.4 is 5.22 Å². The average molecular weight is 715 g/mol. The van der Waals surface area contributed by atoms with Crippen LogP contribution in [0.25, 0.3) is 83.4 Å². The maximum atomic E-state index is 2.52. The van der Waals surface area contributed by atoms with Crippen molar-refractivity contribution in [3.8, 4) is 33.4 Å². The average Bonchev–Trinajstić information content (AvgIpc) is 3.73. The zero-order chi connectivity index (χ0) is 36.7. The molecule has 0 nitrogen and oxygen atoms in total. The molecule has 0 N–H and O–H groups in total. The third-order valence-corrected chi connectivity index (χ3v) is 14.5. The Hall–Kier alpha value is -5.98. The molecule has 8 aromatic rings. The van der Waals surface area contributed by atoms with Gasteiger partial charge in [-0.1, -0.05) is 140 Å². The molecule has 56 heavy (non-hydrogen) atoms. The van der Waals surface area contributed by atoms with E-state index in [9.17, 15) is 0 Å². The van der Waals surface area contributed by atoms with E-state index in [2.05, 4.69) is 153 Å². The van der Waals surface area contributed by atoms with Crippen molar-refractivity contribution < 1.29 is 0 Å². The minimum Gasteiger partial charge on any atom is -0.0836 e. The largest absolute Gasteiger partial charge is 0.0836 e. The van der Waals surface area contributed by atoms with Gasteiger partial charge in [0, 0.05) is 0 Å². The van der Waals surface area contributed by atoms with Gasteiger partial charge in [0.1, 0.15) is 0 Å². The van der Waals surface area contributed by atoms with Gasteiger partial charge in [-0.05, 0) is 184 Å². The molecule has 0 saturated heterocycles. The molecule has 0 saturated carbocycles. The van der Waals surface area contributed by atoms with E-state index in [1.165, 1.54) is 124 Å².